The molecule has 5 nitrogen and oxygen atoms in total. The van der Waals surface area contributed by atoms with Crippen LogP contribution in [0.3, 0.4) is 0 Å². The Hall–Kier alpha value is -3.73. The largest absolute Gasteiger partial charge is 0.352 e. The van der Waals surface area contributed by atoms with Gasteiger partial charge in [-0.2, -0.15) is 0 Å². The molecule has 33 heavy (non-hydrogen) atoms. The van der Waals surface area contributed by atoms with Gasteiger partial charge in [0.1, 0.15) is 0 Å². The molecule has 1 aliphatic rings. The molecule has 0 aromatic heterocycles. The molecule has 3 aromatic carbocycles. The number of carbonyl (C=O) groups excluding carboxylic acids is 3. The summed E-state index contributed by atoms with van der Waals surface area (Å²) in [5.41, 5.74) is 3.71. The Morgan fingerprint density at radius 3 is 2.18 bits per heavy atom. The first-order valence-electron chi connectivity index (χ1n) is 11.4. The van der Waals surface area contributed by atoms with E-state index in [2.05, 4.69) is 5.32 Å². The fourth-order valence-corrected chi connectivity index (χ4v) is 4.35. The highest BCUT2D eigenvalue weighted by atomic mass is 16.2. The second-order valence-electron chi connectivity index (χ2n) is 8.51. The van der Waals surface area contributed by atoms with Crippen molar-refractivity contribution in [2.75, 3.05) is 19.6 Å². The maximum atomic E-state index is 13.1. The lowest BCUT2D eigenvalue weighted by molar-refractivity contribution is 0.0667. The molecule has 1 heterocycles. The standard InChI is InChI=1S/C28H28N2O3/c1-20(31)25-11-5-6-12-26(25)28(33)30-17-7-8-21(19-30)18-29-27(32)24-15-13-23(14-16-24)22-9-3-2-4-10-22/h2-6,9-16,21H,7-8,17-19H2,1H3,(H,29,32)/t21-/m1/s1. The molecule has 1 saturated heterocycles. The SMILES string of the molecule is CC(=O)c1ccccc1C(=O)N1CCC[C@H](CNC(=O)c2ccc(-c3ccccc3)cc2)C1. The number of rotatable bonds is 6. The summed E-state index contributed by atoms with van der Waals surface area (Å²) in [4.78, 5) is 39.4. The number of amides is 2. The number of carbonyl (C=O) groups is 3. The van der Waals surface area contributed by atoms with Crippen LogP contribution in [-0.2, 0) is 0 Å². The maximum absolute atomic E-state index is 13.1. The normalized spacial score (nSPS) is 15.7. The lowest BCUT2D eigenvalue weighted by Gasteiger charge is -2.33. The number of benzene rings is 3. The number of likely N-dealkylation sites (tertiary alicyclic amines) is 1. The third kappa shape index (κ3) is 5.37. The minimum Gasteiger partial charge on any atom is -0.352 e. The predicted octanol–water partition coefficient (Wildman–Crippen LogP) is 4.84. The number of Topliss-reactive ketones (excluding diaryl/α,β-unsaturated/α-hetero) is 1. The van der Waals surface area contributed by atoms with Crippen molar-refractivity contribution in [1.29, 1.82) is 0 Å². The summed E-state index contributed by atoms with van der Waals surface area (Å²) in [5, 5.41) is 3.03. The van der Waals surface area contributed by atoms with E-state index in [1.165, 1.54) is 6.92 Å². The van der Waals surface area contributed by atoms with Crippen LogP contribution in [0.15, 0.2) is 78.9 Å². The van der Waals surface area contributed by atoms with Crippen LogP contribution in [0.1, 0.15) is 50.8 Å². The Bertz CT molecular complexity index is 1140. The minimum atomic E-state index is -0.117. The van der Waals surface area contributed by atoms with Crippen LogP contribution >= 0.6 is 0 Å². The van der Waals surface area contributed by atoms with Crippen molar-refractivity contribution in [3.05, 3.63) is 95.6 Å². The zero-order valence-corrected chi connectivity index (χ0v) is 18.8. The summed E-state index contributed by atoms with van der Waals surface area (Å²) < 4.78 is 0. The molecule has 4 rings (SSSR count). The Kier molecular flexibility index (Phi) is 6.98. The van der Waals surface area contributed by atoms with E-state index in [-0.39, 0.29) is 23.5 Å². The van der Waals surface area contributed by atoms with E-state index in [4.69, 9.17) is 0 Å². The Balaban J connectivity index is 1.35. The molecule has 1 aliphatic heterocycles. The summed E-state index contributed by atoms with van der Waals surface area (Å²) in [6.07, 6.45) is 1.83. The Morgan fingerprint density at radius 2 is 1.48 bits per heavy atom. The summed E-state index contributed by atoms with van der Waals surface area (Å²) in [6, 6.07) is 24.6. The van der Waals surface area contributed by atoms with Gasteiger partial charge in [-0.1, -0.05) is 60.7 Å². The van der Waals surface area contributed by atoms with Crippen LogP contribution in [0, 0.1) is 5.92 Å². The summed E-state index contributed by atoms with van der Waals surface area (Å²) in [5.74, 6) is -0.161. The van der Waals surface area contributed by atoms with Crippen molar-refractivity contribution in [2.24, 2.45) is 5.92 Å². The first-order chi connectivity index (χ1) is 16.0. The van der Waals surface area contributed by atoms with Crippen LogP contribution in [0.5, 0.6) is 0 Å². The molecular weight excluding hydrogens is 412 g/mol. The van der Waals surface area contributed by atoms with Crippen LogP contribution in [-0.4, -0.2) is 42.1 Å². The van der Waals surface area contributed by atoms with Gasteiger partial charge in [0, 0.05) is 30.8 Å². The number of hydrogen-bond acceptors (Lipinski definition) is 3. The second-order valence-corrected chi connectivity index (χ2v) is 8.51. The van der Waals surface area contributed by atoms with Crippen LogP contribution in [0.4, 0.5) is 0 Å². The summed E-state index contributed by atoms with van der Waals surface area (Å²) in [7, 11) is 0. The smallest absolute Gasteiger partial charge is 0.254 e. The quantitative estimate of drug-likeness (QED) is 0.558. The van der Waals surface area contributed by atoms with Crippen molar-refractivity contribution in [3.8, 4) is 11.1 Å². The molecule has 0 bridgehead atoms. The van der Waals surface area contributed by atoms with E-state index in [1.807, 2.05) is 54.6 Å². The zero-order chi connectivity index (χ0) is 23.2. The highest BCUT2D eigenvalue weighted by molar-refractivity contribution is 6.07. The molecule has 1 fully saturated rings. The minimum absolute atomic E-state index is 0.111. The third-order valence-corrected chi connectivity index (χ3v) is 6.15. The molecule has 168 valence electrons. The molecule has 0 saturated carbocycles. The number of piperidine rings is 1. The molecular formula is C28H28N2O3. The molecule has 1 atom stereocenters. The van der Waals surface area contributed by atoms with E-state index in [1.54, 1.807) is 29.2 Å². The van der Waals surface area contributed by atoms with Crippen molar-refractivity contribution in [2.45, 2.75) is 19.8 Å². The fraction of sp³-hybridized carbons (Fsp3) is 0.250. The van der Waals surface area contributed by atoms with Crippen molar-refractivity contribution in [3.63, 3.8) is 0 Å². The van der Waals surface area contributed by atoms with Gasteiger partial charge in [-0.15, -0.1) is 0 Å². The van der Waals surface area contributed by atoms with Gasteiger partial charge in [0.05, 0.1) is 5.56 Å². The molecule has 3 aromatic rings. The Morgan fingerprint density at radius 1 is 0.848 bits per heavy atom. The van der Waals surface area contributed by atoms with E-state index in [0.29, 0.717) is 36.3 Å². The number of nitrogens with zero attached hydrogens (tertiary/aromatic N) is 1. The van der Waals surface area contributed by atoms with Crippen molar-refractivity contribution >= 4 is 17.6 Å². The first kappa shape index (κ1) is 22.5. The van der Waals surface area contributed by atoms with Gasteiger partial charge in [0.15, 0.2) is 5.78 Å². The van der Waals surface area contributed by atoms with Gasteiger partial charge >= 0.3 is 0 Å². The molecule has 1 N–H and O–H groups in total. The lowest BCUT2D eigenvalue weighted by atomic mass is 9.96. The number of hydrogen-bond donors (Lipinski definition) is 1. The highest BCUT2D eigenvalue weighted by Gasteiger charge is 2.26. The second kappa shape index (κ2) is 10.3. The molecule has 0 unspecified atom stereocenters. The Labute approximate surface area is 194 Å². The van der Waals surface area contributed by atoms with E-state index in [9.17, 15) is 14.4 Å². The van der Waals surface area contributed by atoms with E-state index >= 15 is 0 Å². The summed E-state index contributed by atoms with van der Waals surface area (Å²) >= 11 is 0. The van der Waals surface area contributed by atoms with Crippen LogP contribution in [0.25, 0.3) is 11.1 Å². The van der Waals surface area contributed by atoms with Gasteiger partial charge in [0.25, 0.3) is 11.8 Å². The number of nitrogens with one attached hydrogen (secondary N) is 1. The molecule has 0 spiro atoms. The first-order valence-corrected chi connectivity index (χ1v) is 11.4. The van der Waals surface area contributed by atoms with Gasteiger partial charge < -0.3 is 10.2 Å². The third-order valence-electron chi connectivity index (χ3n) is 6.15. The average molecular weight is 441 g/mol. The van der Waals surface area contributed by atoms with Gasteiger partial charge in [0.2, 0.25) is 0 Å². The fourth-order valence-electron chi connectivity index (χ4n) is 4.35. The monoisotopic (exact) mass is 440 g/mol. The van der Waals surface area contributed by atoms with Crippen molar-refractivity contribution in [1.82, 2.24) is 10.2 Å². The van der Waals surface area contributed by atoms with Crippen LogP contribution in [0.2, 0.25) is 0 Å². The zero-order valence-electron chi connectivity index (χ0n) is 18.8. The van der Waals surface area contributed by atoms with Gasteiger partial charge in [-0.3, -0.25) is 14.4 Å². The predicted molar refractivity (Wildman–Crippen MR) is 129 cm³/mol. The van der Waals surface area contributed by atoms with E-state index in [0.717, 1.165) is 24.0 Å². The highest BCUT2D eigenvalue weighted by Crippen LogP contribution is 2.21. The van der Waals surface area contributed by atoms with Gasteiger partial charge in [-0.05, 0) is 55.0 Å². The molecule has 5 heteroatoms. The lowest BCUT2D eigenvalue weighted by Crippen LogP contribution is -2.44. The summed E-state index contributed by atoms with van der Waals surface area (Å²) in [6.45, 7) is 3.22. The van der Waals surface area contributed by atoms with Crippen molar-refractivity contribution < 1.29 is 14.4 Å². The molecule has 0 radical (unpaired) electrons. The number of ketones is 1. The maximum Gasteiger partial charge on any atom is 0.254 e. The van der Waals surface area contributed by atoms with Gasteiger partial charge in [-0.25, -0.2) is 0 Å². The van der Waals surface area contributed by atoms with Crippen LogP contribution < -0.4 is 5.32 Å². The molecule has 2 amide bonds. The topological polar surface area (TPSA) is 66.5 Å². The average Bonchev–Trinajstić information content (AvgIpc) is 2.87. The molecule has 0 aliphatic carbocycles. The van der Waals surface area contributed by atoms with E-state index < -0.39 is 0 Å².